The summed E-state index contributed by atoms with van der Waals surface area (Å²) in [4.78, 5) is 9.34. The SMILES string of the molecule is Br.Cc1ccn2c(-c3csc(Nc4ccc(S(N)(=O)=O)cc4)n3)c(C)nc2c1. The van der Waals surface area contributed by atoms with E-state index in [1.807, 2.05) is 42.0 Å². The van der Waals surface area contributed by atoms with Crippen LogP contribution in [0.5, 0.6) is 0 Å². The molecule has 10 heteroatoms. The number of hydrogen-bond acceptors (Lipinski definition) is 6. The average Bonchev–Trinajstić information content (AvgIpc) is 3.17. The van der Waals surface area contributed by atoms with Crippen LogP contribution < -0.4 is 10.5 Å². The lowest BCUT2D eigenvalue weighted by atomic mass is 10.2. The van der Waals surface area contributed by atoms with Crippen molar-refractivity contribution < 1.29 is 8.42 Å². The number of rotatable bonds is 4. The predicted molar refractivity (Wildman–Crippen MR) is 117 cm³/mol. The Hall–Kier alpha value is -2.27. The number of benzene rings is 1. The quantitative estimate of drug-likeness (QED) is 0.459. The third kappa shape index (κ3) is 3.95. The molecule has 4 aromatic rings. The van der Waals surface area contributed by atoms with Crippen LogP contribution in [-0.4, -0.2) is 22.8 Å². The van der Waals surface area contributed by atoms with Crippen molar-refractivity contribution in [3.05, 3.63) is 59.2 Å². The minimum Gasteiger partial charge on any atom is -0.332 e. The van der Waals surface area contributed by atoms with Crippen LogP contribution in [0.15, 0.2) is 52.9 Å². The molecule has 0 spiro atoms. The molecular weight excluding hydrogens is 462 g/mol. The first-order valence-corrected chi connectivity index (χ1v) is 10.5. The lowest BCUT2D eigenvalue weighted by molar-refractivity contribution is 0.598. The van der Waals surface area contributed by atoms with Crippen LogP contribution in [-0.2, 0) is 10.0 Å². The highest BCUT2D eigenvalue weighted by Crippen LogP contribution is 2.30. The van der Waals surface area contributed by atoms with E-state index in [1.165, 1.54) is 23.5 Å². The van der Waals surface area contributed by atoms with Gasteiger partial charge in [0, 0.05) is 17.3 Å². The van der Waals surface area contributed by atoms with Crippen molar-refractivity contribution in [2.45, 2.75) is 18.7 Å². The summed E-state index contributed by atoms with van der Waals surface area (Å²) >= 11 is 1.47. The molecule has 1 aromatic carbocycles. The Morgan fingerprint density at radius 2 is 1.82 bits per heavy atom. The third-order valence-electron chi connectivity index (χ3n) is 4.14. The first-order chi connectivity index (χ1) is 12.8. The van der Waals surface area contributed by atoms with Crippen LogP contribution in [0.2, 0.25) is 0 Å². The van der Waals surface area contributed by atoms with Gasteiger partial charge in [-0.3, -0.25) is 4.40 Å². The molecule has 0 unspecified atom stereocenters. The first kappa shape index (κ1) is 20.5. The van der Waals surface area contributed by atoms with Crippen LogP contribution in [0, 0.1) is 13.8 Å². The molecule has 4 rings (SSSR count). The zero-order chi connectivity index (χ0) is 19.2. The molecule has 3 aromatic heterocycles. The molecule has 0 saturated heterocycles. The van der Waals surface area contributed by atoms with Crippen LogP contribution in [0.4, 0.5) is 10.8 Å². The number of nitrogens with one attached hydrogen (secondary N) is 1. The van der Waals surface area contributed by atoms with Gasteiger partial charge in [-0.2, -0.15) is 0 Å². The number of aromatic nitrogens is 3. The van der Waals surface area contributed by atoms with E-state index in [9.17, 15) is 8.42 Å². The first-order valence-electron chi connectivity index (χ1n) is 8.12. The van der Waals surface area contributed by atoms with Gasteiger partial charge in [-0.1, -0.05) is 0 Å². The molecule has 0 aliphatic rings. The van der Waals surface area contributed by atoms with Gasteiger partial charge >= 0.3 is 0 Å². The van der Waals surface area contributed by atoms with E-state index >= 15 is 0 Å². The summed E-state index contributed by atoms with van der Waals surface area (Å²) in [6.45, 7) is 4.01. The maximum Gasteiger partial charge on any atom is 0.238 e. The van der Waals surface area contributed by atoms with Crippen molar-refractivity contribution in [3.63, 3.8) is 0 Å². The zero-order valence-electron chi connectivity index (χ0n) is 15.1. The number of pyridine rings is 1. The van der Waals surface area contributed by atoms with Gasteiger partial charge in [0.1, 0.15) is 11.3 Å². The average molecular weight is 480 g/mol. The Morgan fingerprint density at radius 3 is 2.50 bits per heavy atom. The number of sulfonamides is 1. The molecule has 0 aliphatic carbocycles. The van der Waals surface area contributed by atoms with Gasteiger partial charge in [0.25, 0.3) is 0 Å². The van der Waals surface area contributed by atoms with Gasteiger partial charge < -0.3 is 5.32 Å². The van der Waals surface area contributed by atoms with Crippen LogP contribution in [0.25, 0.3) is 17.0 Å². The number of thiazole rings is 1. The normalized spacial score (nSPS) is 11.4. The summed E-state index contributed by atoms with van der Waals surface area (Å²) in [6, 6.07) is 10.3. The number of imidazole rings is 1. The number of halogens is 1. The van der Waals surface area contributed by atoms with E-state index in [-0.39, 0.29) is 21.9 Å². The fourth-order valence-electron chi connectivity index (χ4n) is 2.86. The number of fused-ring (bicyclic) bond motifs is 1. The topological polar surface area (TPSA) is 102 Å². The molecule has 0 aliphatic heterocycles. The fraction of sp³-hybridized carbons (Fsp3) is 0.111. The van der Waals surface area contributed by atoms with Crippen molar-refractivity contribution in [3.8, 4) is 11.4 Å². The highest BCUT2D eigenvalue weighted by atomic mass is 79.9. The Morgan fingerprint density at radius 1 is 1.11 bits per heavy atom. The lowest BCUT2D eigenvalue weighted by Gasteiger charge is -2.04. The number of nitrogens with zero attached hydrogens (tertiary/aromatic N) is 3. The van der Waals surface area contributed by atoms with E-state index in [1.54, 1.807) is 12.1 Å². The molecule has 3 heterocycles. The zero-order valence-corrected chi connectivity index (χ0v) is 18.4. The second-order valence-corrected chi connectivity index (χ2v) is 8.63. The molecule has 0 fully saturated rings. The molecule has 0 atom stereocenters. The summed E-state index contributed by atoms with van der Waals surface area (Å²) in [6.07, 6.45) is 2.00. The van der Waals surface area contributed by atoms with Gasteiger partial charge in [-0.05, 0) is 55.8 Å². The van der Waals surface area contributed by atoms with E-state index in [2.05, 4.69) is 15.3 Å². The second kappa shape index (κ2) is 7.63. The number of aryl methyl sites for hydroxylation is 2. The summed E-state index contributed by atoms with van der Waals surface area (Å²) in [5.41, 5.74) is 5.48. The maximum absolute atomic E-state index is 11.3. The Kier molecular flexibility index (Phi) is 5.57. The van der Waals surface area contributed by atoms with E-state index in [0.29, 0.717) is 5.13 Å². The van der Waals surface area contributed by atoms with Crippen molar-refractivity contribution in [1.29, 1.82) is 0 Å². The number of anilines is 2. The molecule has 0 amide bonds. The van der Waals surface area contributed by atoms with Crippen molar-refractivity contribution in [2.24, 2.45) is 5.14 Å². The standard InChI is InChI=1S/C18H17N5O2S2.BrH/c1-11-7-8-23-16(9-11)20-12(2)17(23)15-10-26-18(22-15)21-13-3-5-14(6-4-13)27(19,24)25;/h3-10H,1-2H3,(H,21,22)(H2,19,24,25);1H. The van der Waals surface area contributed by atoms with Crippen LogP contribution in [0.3, 0.4) is 0 Å². The highest BCUT2D eigenvalue weighted by Gasteiger charge is 2.14. The molecule has 3 N–H and O–H groups in total. The second-order valence-electron chi connectivity index (χ2n) is 6.21. The number of primary sulfonamides is 1. The molecule has 28 heavy (non-hydrogen) atoms. The third-order valence-corrected chi connectivity index (χ3v) is 5.82. The van der Waals surface area contributed by atoms with Crippen LogP contribution >= 0.6 is 28.3 Å². The van der Waals surface area contributed by atoms with E-state index in [0.717, 1.165) is 34.0 Å². The molecule has 0 saturated carbocycles. The number of nitrogens with two attached hydrogens (primary N) is 1. The fourth-order valence-corrected chi connectivity index (χ4v) is 4.10. The lowest BCUT2D eigenvalue weighted by Crippen LogP contribution is -2.11. The van der Waals surface area contributed by atoms with E-state index < -0.39 is 10.0 Å². The number of hydrogen-bond donors (Lipinski definition) is 2. The summed E-state index contributed by atoms with van der Waals surface area (Å²) in [7, 11) is -3.70. The maximum atomic E-state index is 11.3. The summed E-state index contributed by atoms with van der Waals surface area (Å²) in [5.74, 6) is 0. The Balaban J connectivity index is 0.00000225. The largest absolute Gasteiger partial charge is 0.332 e. The Labute approximate surface area is 177 Å². The predicted octanol–water partition coefficient (Wildman–Crippen LogP) is 4.04. The molecule has 0 bridgehead atoms. The highest BCUT2D eigenvalue weighted by molar-refractivity contribution is 8.93. The molecule has 7 nitrogen and oxygen atoms in total. The van der Waals surface area contributed by atoms with Crippen molar-refractivity contribution in [2.75, 3.05) is 5.32 Å². The van der Waals surface area contributed by atoms with E-state index in [4.69, 9.17) is 5.14 Å². The summed E-state index contributed by atoms with van der Waals surface area (Å²) < 4.78 is 24.7. The van der Waals surface area contributed by atoms with Crippen molar-refractivity contribution in [1.82, 2.24) is 14.4 Å². The molecular formula is C18H18BrN5O2S2. The van der Waals surface area contributed by atoms with Gasteiger partial charge in [-0.15, -0.1) is 28.3 Å². The van der Waals surface area contributed by atoms with Gasteiger partial charge in [0.2, 0.25) is 10.0 Å². The smallest absolute Gasteiger partial charge is 0.238 e. The van der Waals surface area contributed by atoms with Crippen molar-refractivity contribution >= 4 is 54.8 Å². The molecule has 146 valence electrons. The minimum absolute atomic E-state index is 0. The minimum atomic E-state index is -3.70. The Bertz CT molecular complexity index is 1250. The summed E-state index contributed by atoms with van der Waals surface area (Å²) in [5, 5.41) is 11.0. The monoisotopic (exact) mass is 479 g/mol. The van der Waals surface area contributed by atoms with Gasteiger partial charge in [0.05, 0.1) is 16.3 Å². The molecule has 0 radical (unpaired) electrons. The van der Waals surface area contributed by atoms with Gasteiger partial charge in [0.15, 0.2) is 5.13 Å². The van der Waals surface area contributed by atoms with Gasteiger partial charge in [-0.25, -0.2) is 23.5 Å². The van der Waals surface area contributed by atoms with Crippen LogP contribution in [0.1, 0.15) is 11.3 Å².